The van der Waals surface area contributed by atoms with E-state index in [0.717, 1.165) is 43.8 Å². The summed E-state index contributed by atoms with van der Waals surface area (Å²) in [5.41, 5.74) is 0. The van der Waals surface area contributed by atoms with Crippen LogP contribution in [0.2, 0.25) is 0 Å². The van der Waals surface area contributed by atoms with Crippen molar-refractivity contribution in [3.05, 3.63) is 0 Å². The largest absolute Gasteiger partial charge is 0.361 e. The molecule has 0 amide bonds. The maximum absolute atomic E-state index is 4.45. The fourth-order valence-electron chi connectivity index (χ4n) is 1.57. The number of piperazine rings is 1. The predicted octanol–water partition coefficient (Wildman–Crippen LogP) is 0.722. The fraction of sp³-hybridized carbons (Fsp3) is 0.778. The van der Waals surface area contributed by atoms with Gasteiger partial charge in [0, 0.05) is 44.3 Å². The Kier molecular flexibility index (Phi) is 3.37. The topological polar surface area (TPSA) is 44.3 Å². The summed E-state index contributed by atoms with van der Waals surface area (Å²) in [7, 11) is 2.15. The Labute approximate surface area is 94.3 Å². The zero-order valence-corrected chi connectivity index (χ0v) is 10.0. The van der Waals surface area contributed by atoms with E-state index in [4.69, 9.17) is 0 Å². The monoisotopic (exact) mass is 227 g/mol. The first-order chi connectivity index (χ1) is 7.29. The zero-order valence-electron chi connectivity index (χ0n) is 9.23. The van der Waals surface area contributed by atoms with E-state index < -0.39 is 0 Å². The van der Waals surface area contributed by atoms with Gasteiger partial charge in [-0.25, -0.2) is 0 Å². The van der Waals surface area contributed by atoms with E-state index >= 15 is 0 Å². The van der Waals surface area contributed by atoms with Gasteiger partial charge in [0.25, 0.3) is 0 Å². The molecule has 2 rings (SSSR count). The number of hydrogen-bond acceptors (Lipinski definition) is 6. The first kappa shape index (κ1) is 10.6. The Hall–Kier alpha value is -0.880. The first-order valence-electron chi connectivity index (χ1n) is 5.30. The molecule has 1 aromatic heterocycles. The van der Waals surface area contributed by atoms with Crippen molar-refractivity contribution in [3.63, 3.8) is 0 Å². The summed E-state index contributed by atoms with van der Waals surface area (Å²) in [6, 6.07) is 0. The second-order valence-corrected chi connectivity index (χ2v) is 4.47. The molecule has 0 aromatic carbocycles. The molecule has 0 aliphatic carbocycles. The number of rotatable bonds is 3. The molecule has 1 aromatic rings. The minimum atomic E-state index is 0.879. The quantitative estimate of drug-likeness (QED) is 0.824. The van der Waals surface area contributed by atoms with Crippen LogP contribution in [0.5, 0.6) is 0 Å². The Bertz CT molecular complexity index is 305. The van der Waals surface area contributed by atoms with Gasteiger partial charge in [-0.05, 0) is 14.0 Å². The van der Waals surface area contributed by atoms with E-state index in [9.17, 15) is 0 Å². The van der Waals surface area contributed by atoms with Crippen LogP contribution < -0.4 is 10.2 Å². The van der Waals surface area contributed by atoms with Gasteiger partial charge < -0.3 is 15.1 Å². The van der Waals surface area contributed by atoms with E-state index in [1.807, 2.05) is 0 Å². The van der Waals surface area contributed by atoms with Gasteiger partial charge in [-0.3, -0.25) is 0 Å². The van der Waals surface area contributed by atoms with E-state index in [1.165, 1.54) is 11.5 Å². The van der Waals surface area contributed by atoms with Gasteiger partial charge in [0.05, 0.1) is 0 Å². The van der Waals surface area contributed by atoms with Crippen molar-refractivity contribution >= 4 is 22.6 Å². The molecule has 0 atom stereocenters. The lowest BCUT2D eigenvalue weighted by atomic mass is 10.3. The Morgan fingerprint density at radius 2 is 2.07 bits per heavy atom. The van der Waals surface area contributed by atoms with Gasteiger partial charge >= 0.3 is 0 Å². The number of aromatic nitrogens is 2. The highest BCUT2D eigenvalue weighted by atomic mass is 32.1. The van der Waals surface area contributed by atoms with Crippen LogP contribution in [0.4, 0.5) is 11.1 Å². The summed E-state index contributed by atoms with van der Waals surface area (Å²) in [4.78, 5) is 9.03. The molecule has 1 saturated heterocycles. The van der Waals surface area contributed by atoms with Crippen molar-refractivity contribution in [2.24, 2.45) is 0 Å². The molecular formula is C9H17N5S. The van der Waals surface area contributed by atoms with Gasteiger partial charge in [0.15, 0.2) is 0 Å². The molecule has 15 heavy (non-hydrogen) atoms. The van der Waals surface area contributed by atoms with Gasteiger partial charge in [0.1, 0.15) is 0 Å². The van der Waals surface area contributed by atoms with E-state index in [2.05, 4.69) is 38.4 Å². The maximum atomic E-state index is 4.45. The first-order valence-corrected chi connectivity index (χ1v) is 6.08. The van der Waals surface area contributed by atoms with Crippen LogP contribution in [0.1, 0.15) is 6.92 Å². The second-order valence-electron chi connectivity index (χ2n) is 3.72. The third-order valence-corrected chi connectivity index (χ3v) is 3.19. The molecule has 0 radical (unpaired) electrons. The van der Waals surface area contributed by atoms with Crippen molar-refractivity contribution in [1.82, 2.24) is 14.3 Å². The average molecular weight is 227 g/mol. The van der Waals surface area contributed by atoms with Crippen LogP contribution >= 0.6 is 11.5 Å². The van der Waals surface area contributed by atoms with Crippen molar-refractivity contribution in [3.8, 4) is 0 Å². The normalized spacial score (nSPS) is 18.1. The Morgan fingerprint density at radius 1 is 1.33 bits per heavy atom. The van der Waals surface area contributed by atoms with Crippen LogP contribution in [0.15, 0.2) is 0 Å². The van der Waals surface area contributed by atoms with Gasteiger partial charge in [0.2, 0.25) is 11.1 Å². The highest BCUT2D eigenvalue weighted by Crippen LogP contribution is 2.18. The summed E-state index contributed by atoms with van der Waals surface area (Å²) < 4.78 is 4.36. The molecule has 6 heteroatoms. The lowest BCUT2D eigenvalue weighted by Crippen LogP contribution is -2.44. The van der Waals surface area contributed by atoms with Crippen LogP contribution in [0.25, 0.3) is 0 Å². The second kappa shape index (κ2) is 4.76. The number of nitrogens with one attached hydrogen (secondary N) is 1. The van der Waals surface area contributed by atoms with Gasteiger partial charge in [-0.1, -0.05) is 0 Å². The molecule has 1 fully saturated rings. The Balaban J connectivity index is 1.96. The lowest BCUT2D eigenvalue weighted by molar-refractivity contribution is 0.311. The van der Waals surface area contributed by atoms with Crippen molar-refractivity contribution in [2.45, 2.75) is 6.92 Å². The number of nitrogens with zero attached hydrogens (tertiary/aromatic N) is 4. The van der Waals surface area contributed by atoms with Crippen molar-refractivity contribution in [1.29, 1.82) is 0 Å². The molecule has 0 saturated carbocycles. The molecular weight excluding hydrogens is 210 g/mol. The molecule has 84 valence electrons. The smallest absolute Gasteiger partial charge is 0.239 e. The van der Waals surface area contributed by atoms with Crippen molar-refractivity contribution in [2.75, 3.05) is 50.0 Å². The molecule has 0 bridgehead atoms. The summed E-state index contributed by atoms with van der Waals surface area (Å²) in [6.45, 7) is 7.21. The highest BCUT2D eigenvalue weighted by Gasteiger charge is 2.17. The van der Waals surface area contributed by atoms with Crippen molar-refractivity contribution < 1.29 is 0 Å². The van der Waals surface area contributed by atoms with Crippen LogP contribution in [0.3, 0.4) is 0 Å². The fourth-order valence-corrected chi connectivity index (χ4v) is 2.23. The molecule has 2 heterocycles. The van der Waals surface area contributed by atoms with Crippen LogP contribution in [-0.4, -0.2) is 54.0 Å². The summed E-state index contributed by atoms with van der Waals surface area (Å²) in [5, 5.41) is 4.11. The molecule has 1 aliphatic heterocycles. The molecule has 0 unspecified atom stereocenters. The standard InChI is InChI=1S/C9H17N5S/c1-3-10-9-11-8(12-15-9)14-6-4-13(2)5-7-14/h3-7H2,1-2H3,(H,10,11,12). The molecule has 1 N–H and O–H groups in total. The molecule has 1 aliphatic rings. The Morgan fingerprint density at radius 3 is 2.73 bits per heavy atom. The van der Waals surface area contributed by atoms with Crippen LogP contribution in [0, 0.1) is 0 Å². The summed E-state index contributed by atoms with van der Waals surface area (Å²) in [6.07, 6.45) is 0. The number of likely N-dealkylation sites (N-methyl/N-ethyl adjacent to an activating group) is 1. The summed E-state index contributed by atoms with van der Waals surface area (Å²) in [5.74, 6) is 0.879. The molecule has 5 nitrogen and oxygen atoms in total. The third-order valence-electron chi connectivity index (χ3n) is 2.53. The maximum Gasteiger partial charge on any atom is 0.239 e. The minimum absolute atomic E-state index is 0.879. The summed E-state index contributed by atoms with van der Waals surface area (Å²) >= 11 is 1.44. The van der Waals surface area contributed by atoms with Crippen LogP contribution in [-0.2, 0) is 0 Å². The minimum Gasteiger partial charge on any atom is -0.361 e. The van der Waals surface area contributed by atoms with E-state index in [1.54, 1.807) is 0 Å². The predicted molar refractivity (Wildman–Crippen MR) is 63.8 cm³/mol. The average Bonchev–Trinajstić information content (AvgIpc) is 2.68. The number of anilines is 2. The van der Waals surface area contributed by atoms with E-state index in [0.29, 0.717) is 0 Å². The van der Waals surface area contributed by atoms with Gasteiger partial charge in [-0.2, -0.15) is 9.36 Å². The molecule has 0 spiro atoms. The SMILES string of the molecule is CCNc1nc(N2CCN(C)CC2)ns1. The highest BCUT2D eigenvalue weighted by molar-refractivity contribution is 7.09. The van der Waals surface area contributed by atoms with Gasteiger partial charge in [-0.15, -0.1) is 0 Å². The number of hydrogen-bond donors (Lipinski definition) is 1. The third kappa shape index (κ3) is 2.57. The van der Waals surface area contributed by atoms with E-state index in [-0.39, 0.29) is 0 Å². The lowest BCUT2D eigenvalue weighted by Gasteiger charge is -2.31. The zero-order chi connectivity index (χ0) is 10.7.